The summed E-state index contributed by atoms with van der Waals surface area (Å²) < 4.78 is 5.37. The van der Waals surface area contributed by atoms with Crippen LogP contribution in [0.1, 0.15) is 12.5 Å². The minimum Gasteiger partial charge on any atom is -0.464 e. The van der Waals surface area contributed by atoms with E-state index in [0.29, 0.717) is 24.5 Å². The molecular weight excluding hydrogens is 254 g/mol. The zero-order chi connectivity index (χ0) is 14.5. The molecule has 0 atom stereocenters. The summed E-state index contributed by atoms with van der Waals surface area (Å²) in [5.41, 5.74) is 2.22. The lowest BCUT2D eigenvalue weighted by molar-refractivity contribution is 0.312. The van der Waals surface area contributed by atoms with Crippen molar-refractivity contribution in [1.29, 1.82) is 0 Å². The van der Waals surface area contributed by atoms with E-state index in [2.05, 4.69) is 39.3 Å². The number of rotatable bonds is 5. The van der Waals surface area contributed by atoms with Crippen molar-refractivity contribution in [3.05, 3.63) is 29.8 Å². The lowest BCUT2D eigenvalue weighted by Crippen LogP contribution is -2.15. The molecule has 6 heteroatoms. The topological polar surface area (TPSA) is 63.2 Å². The van der Waals surface area contributed by atoms with Crippen LogP contribution in [0.3, 0.4) is 0 Å². The van der Waals surface area contributed by atoms with Crippen LogP contribution in [0.5, 0.6) is 6.01 Å². The number of hydrogen-bond donors (Lipinski definition) is 1. The van der Waals surface area contributed by atoms with Crippen LogP contribution >= 0.6 is 0 Å². The zero-order valence-electron chi connectivity index (χ0n) is 12.2. The van der Waals surface area contributed by atoms with Gasteiger partial charge < -0.3 is 15.0 Å². The number of aryl methyl sites for hydroxylation is 1. The average molecular weight is 273 g/mol. The van der Waals surface area contributed by atoms with Gasteiger partial charge in [0.25, 0.3) is 0 Å². The first kappa shape index (κ1) is 14.0. The molecule has 0 saturated carbocycles. The van der Waals surface area contributed by atoms with Gasteiger partial charge in [-0.15, -0.1) is 0 Å². The summed E-state index contributed by atoms with van der Waals surface area (Å²) in [6.07, 6.45) is 0. The van der Waals surface area contributed by atoms with Crippen LogP contribution in [0.15, 0.2) is 24.3 Å². The number of nitrogens with one attached hydrogen (secondary N) is 1. The molecule has 0 amide bonds. The van der Waals surface area contributed by atoms with Crippen LogP contribution in [0.2, 0.25) is 0 Å². The molecule has 0 radical (unpaired) electrons. The zero-order valence-corrected chi connectivity index (χ0v) is 12.2. The fraction of sp³-hybridized carbons (Fsp3) is 0.357. The first-order valence-electron chi connectivity index (χ1n) is 6.51. The van der Waals surface area contributed by atoms with Gasteiger partial charge in [-0.3, -0.25) is 0 Å². The van der Waals surface area contributed by atoms with E-state index < -0.39 is 0 Å². The molecule has 1 heterocycles. The standard InChI is InChI=1S/C14H19N5O/c1-5-20-14-17-12(15-3)16-13(18-14)19(4)11-8-6-10(2)7-9-11/h6-9H,5H2,1-4H3,(H,15,16,17,18). The second-order valence-corrected chi connectivity index (χ2v) is 4.32. The molecule has 0 spiro atoms. The van der Waals surface area contributed by atoms with Crippen molar-refractivity contribution in [3.8, 4) is 6.01 Å². The van der Waals surface area contributed by atoms with Gasteiger partial charge in [0.05, 0.1) is 6.61 Å². The van der Waals surface area contributed by atoms with Gasteiger partial charge in [0, 0.05) is 19.8 Å². The minimum atomic E-state index is 0.320. The molecule has 0 aliphatic heterocycles. The van der Waals surface area contributed by atoms with Gasteiger partial charge in [0.1, 0.15) is 0 Å². The van der Waals surface area contributed by atoms with E-state index in [1.54, 1.807) is 7.05 Å². The molecule has 106 valence electrons. The predicted octanol–water partition coefficient (Wildman–Crippen LogP) is 2.39. The van der Waals surface area contributed by atoms with Crippen molar-refractivity contribution < 1.29 is 4.74 Å². The lowest BCUT2D eigenvalue weighted by Gasteiger charge is -2.18. The Hall–Kier alpha value is -2.37. The third kappa shape index (κ3) is 3.14. The summed E-state index contributed by atoms with van der Waals surface area (Å²) in [6, 6.07) is 8.47. The van der Waals surface area contributed by atoms with Crippen LogP contribution in [0, 0.1) is 6.92 Å². The Balaban J connectivity index is 2.34. The average Bonchev–Trinajstić information content (AvgIpc) is 2.47. The van der Waals surface area contributed by atoms with E-state index in [0.717, 1.165) is 5.69 Å². The molecule has 20 heavy (non-hydrogen) atoms. The summed E-state index contributed by atoms with van der Waals surface area (Å²) in [6.45, 7) is 4.46. The highest BCUT2D eigenvalue weighted by atomic mass is 16.5. The van der Waals surface area contributed by atoms with E-state index in [1.807, 2.05) is 31.0 Å². The summed E-state index contributed by atoms with van der Waals surface area (Å²) in [5.74, 6) is 1.02. The Bertz CT molecular complexity index is 570. The van der Waals surface area contributed by atoms with Crippen molar-refractivity contribution in [3.63, 3.8) is 0 Å². The quantitative estimate of drug-likeness (QED) is 0.902. The second-order valence-electron chi connectivity index (χ2n) is 4.32. The normalized spacial score (nSPS) is 10.2. The van der Waals surface area contributed by atoms with Crippen molar-refractivity contribution >= 4 is 17.6 Å². The highest BCUT2D eigenvalue weighted by Crippen LogP contribution is 2.22. The number of nitrogens with zero attached hydrogens (tertiary/aromatic N) is 4. The van der Waals surface area contributed by atoms with Crippen molar-refractivity contribution in [1.82, 2.24) is 15.0 Å². The van der Waals surface area contributed by atoms with Crippen molar-refractivity contribution in [2.24, 2.45) is 0 Å². The number of anilines is 3. The molecule has 0 saturated heterocycles. The maximum absolute atomic E-state index is 5.37. The first-order valence-corrected chi connectivity index (χ1v) is 6.51. The van der Waals surface area contributed by atoms with Gasteiger partial charge in [-0.25, -0.2) is 0 Å². The van der Waals surface area contributed by atoms with E-state index in [4.69, 9.17) is 4.74 Å². The SMILES string of the molecule is CCOc1nc(NC)nc(N(C)c2ccc(C)cc2)n1. The maximum Gasteiger partial charge on any atom is 0.323 e. The van der Waals surface area contributed by atoms with Crippen LogP contribution in [-0.2, 0) is 0 Å². The summed E-state index contributed by atoms with van der Waals surface area (Å²) >= 11 is 0. The molecule has 1 N–H and O–H groups in total. The lowest BCUT2D eigenvalue weighted by atomic mass is 10.2. The highest BCUT2D eigenvalue weighted by Gasteiger charge is 2.12. The third-order valence-electron chi connectivity index (χ3n) is 2.82. The number of benzene rings is 1. The van der Waals surface area contributed by atoms with Gasteiger partial charge in [0.15, 0.2) is 0 Å². The molecule has 0 unspecified atom stereocenters. The molecule has 0 fully saturated rings. The molecule has 1 aromatic heterocycles. The Labute approximate surface area is 118 Å². The molecule has 0 aliphatic carbocycles. The summed E-state index contributed by atoms with van der Waals surface area (Å²) in [5, 5.41) is 2.91. The van der Waals surface area contributed by atoms with E-state index >= 15 is 0 Å². The molecular formula is C14H19N5O. The van der Waals surface area contributed by atoms with Gasteiger partial charge in [-0.05, 0) is 26.0 Å². The van der Waals surface area contributed by atoms with Crippen molar-refractivity contribution in [2.75, 3.05) is 30.9 Å². The highest BCUT2D eigenvalue weighted by molar-refractivity contribution is 5.57. The van der Waals surface area contributed by atoms with Gasteiger partial charge in [-0.2, -0.15) is 15.0 Å². The summed E-state index contributed by atoms with van der Waals surface area (Å²) in [4.78, 5) is 14.7. The molecule has 2 rings (SSSR count). The molecule has 0 bridgehead atoms. The van der Waals surface area contributed by atoms with Crippen LogP contribution in [-0.4, -0.2) is 35.7 Å². The fourth-order valence-corrected chi connectivity index (χ4v) is 1.69. The Morgan fingerprint density at radius 3 is 2.45 bits per heavy atom. The number of hydrogen-bond acceptors (Lipinski definition) is 6. The minimum absolute atomic E-state index is 0.320. The number of aromatic nitrogens is 3. The first-order chi connectivity index (χ1) is 9.63. The van der Waals surface area contributed by atoms with E-state index in [1.165, 1.54) is 5.56 Å². The number of ether oxygens (including phenoxy) is 1. The Morgan fingerprint density at radius 2 is 1.85 bits per heavy atom. The van der Waals surface area contributed by atoms with Crippen molar-refractivity contribution in [2.45, 2.75) is 13.8 Å². The van der Waals surface area contributed by atoms with E-state index in [-0.39, 0.29) is 0 Å². The smallest absolute Gasteiger partial charge is 0.323 e. The van der Waals surface area contributed by atoms with Crippen LogP contribution in [0.4, 0.5) is 17.6 Å². The van der Waals surface area contributed by atoms with Gasteiger partial charge in [-0.1, -0.05) is 17.7 Å². The molecule has 1 aromatic carbocycles. The van der Waals surface area contributed by atoms with Crippen LogP contribution in [0.25, 0.3) is 0 Å². The third-order valence-corrected chi connectivity index (χ3v) is 2.82. The van der Waals surface area contributed by atoms with E-state index in [9.17, 15) is 0 Å². The van der Waals surface area contributed by atoms with Gasteiger partial charge in [0.2, 0.25) is 11.9 Å². The Morgan fingerprint density at radius 1 is 1.15 bits per heavy atom. The Kier molecular flexibility index (Phi) is 4.34. The maximum atomic E-state index is 5.37. The summed E-state index contributed by atoms with van der Waals surface area (Å²) in [7, 11) is 3.68. The monoisotopic (exact) mass is 273 g/mol. The predicted molar refractivity (Wildman–Crippen MR) is 79.8 cm³/mol. The molecule has 6 nitrogen and oxygen atoms in total. The fourth-order valence-electron chi connectivity index (χ4n) is 1.69. The molecule has 0 aliphatic rings. The second kappa shape index (κ2) is 6.18. The van der Waals surface area contributed by atoms with Gasteiger partial charge >= 0.3 is 6.01 Å². The molecule has 2 aromatic rings. The largest absolute Gasteiger partial charge is 0.464 e. The van der Waals surface area contributed by atoms with Crippen LogP contribution < -0.4 is 15.0 Å².